The number of aliphatic imine (C=N–C) groups is 1. The SMILES string of the molecule is COc1cc(C=Nc2ccc3[nH]c(=O)[nH]c3c2)ccc1OCCc1ccccc1. The third kappa shape index (κ3) is 4.55. The van der Waals surface area contributed by atoms with Gasteiger partial charge in [0.05, 0.1) is 30.4 Å². The average Bonchev–Trinajstić information content (AvgIpc) is 3.13. The number of fused-ring (bicyclic) bond motifs is 1. The molecule has 1 aromatic heterocycles. The summed E-state index contributed by atoms with van der Waals surface area (Å²) in [6, 6.07) is 21.4. The van der Waals surface area contributed by atoms with Crippen molar-refractivity contribution in [1.29, 1.82) is 0 Å². The van der Waals surface area contributed by atoms with Crippen LogP contribution in [-0.4, -0.2) is 29.9 Å². The van der Waals surface area contributed by atoms with Gasteiger partial charge in [-0.25, -0.2) is 4.79 Å². The molecule has 3 aromatic carbocycles. The molecule has 6 heteroatoms. The van der Waals surface area contributed by atoms with Gasteiger partial charge in [-0.3, -0.25) is 4.99 Å². The van der Waals surface area contributed by atoms with Crippen LogP contribution in [0.1, 0.15) is 11.1 Å². The number of hydrogen-bond donors (Lipinski definition) is 2. The second-order valence-electron chi connectivity index (χ2n) is 6.56. The summed E-state index contributed by atoms with van der Waals surface area (Å²) in [5.41, 5.74) is 4.12. The first-order valence-electron chi connectivity index (χ1n) is 9.32. The van der Waals surface area contributed by atoms with E-state index in [-0.39, 0.29) is 5.69 Å². The Hall–Kier alpha value is -3.80. The van der Waals surface area contributed by atoms with Crippen molar-refractivity contribution in [2.75, 3.05) is 13.7 Å². The quantitative estimate of drug-likeness (QED) is 0.466. The molecule has 2 N–H and O–H groups in total. The van der Waals surface area contributed by atoms with Crippen LogP contribution in [0.25, 0.3) is 11.0 Å². The predicted octanol–water partition coefficient (Wildman–Crippen LogP) is 4.24. The van der Waals surface area contributed by atoms with Crippen LogP contribution in [-0.2, 0) is 6.42 Å². The number of nitrogens with one attached hydrogen (secondary N) is 2. The molecule has 0 spiro atoms. The number of rotatable bonds is 7. The van der Waals surface area contributed by atoms with E-state index in [4.69, 9.17) is 9.47 Å². The van der Waals surface area contributed by atoms with E-state index in [2.05, 4.69) is 27.1 Å². The van der Waals surface area contributed by atoms with Gasteiger partial charge >= 0.3 is 5.69 Å². The van der Waals surface area contributed by atoms with Crippen LogP contribution in [0.5, 0.6) is 11.5 Å². The summed E-state index contributed by atoms with van der Waals surface area (Å²) in [4.78, 5) is 21.3. The average molecular weight is 387 g/mol. The van der Waals surface area contributed by atoms with Crippen LogP contribution in [0.15, 0.2) is 76.5 Å². The second kappa shape index (κ2) is 8.48. The van der Waals surface area contributed by atoms with Crippen molar-refractivity contribution in [1.82, 2.24) is 9.97 Å². The highest BCUT2D eigenvalue weighted by Gasteiger charge is 2.06. The van der Waals surface area contributed by atoms with Gasteiger partial charge < -0.3 is 19.4 Å². The van der Waals surface area contributed by atoms with Crippen LogP contribution < -0.4 is 15.2 Å². The molecule has 0 saturated heterocycles. The smallest absolute Gasteiger partial charge is 0.323 e. The van der Waals surface area contributed by atoms with Crippen LogP contribution >= 0.6 is 0 Å². The van der Waals surface area contributed by atoms with Gasteiger partial charge in [-0.2, -0.15) is 0 Å². The molecule has 4 aromatic rings. The minimum Gasteiger partial charge on any atom is -0.493 e. The fourth-order valence-corrected chi connectivity index (χ4v) is 3.06. The Kier molecular flexibility index (Phi) is 5.42. The fraction of sp³-hybridized carbons (Fsp3) is 0.130. The van der Waals surface area contributed by atoms with Gasteiger partial charge in [0.25, 0.3) is 0 Å². The van der Waals surface area contributed by atoms with E-state index in [0.717, 1.165) is 28.7 Å². The van der Waals surface area contributed by atoms with Gasteiger partial charge in [-0.05, 0) is 47.5 Å². The Morgan fingerprint density at radius 2 is 1.76 bits per heavy atom. The molecular weight excluding hydrogens is 366 g/mol. The van der Waals surface area contributed by atoms with Crippen LogP contribution in [0.4, 0.5) is 5.69 Å². The van der Waals surface area contributed by atoms with E-state index >= 15 is 0 Å². The van der Waals surface area contributed by atoms with Crippen molar-refractivity contribution in [2.45, 2.75) is 6.42 Å². The van der Waals surface area contributed by atoms with Crippen molar-refractivity contribution in [3.8, 4) is 11.5 Å². The van der Waals surface area contributed by atoms with Crippen molar-refractivity contribution in [2.24, 2.45) is 4.99 Å². The van der Waals surface area contributed by atoms with Gasteiger partial charge in [0.1, 0.15) is 0 Å². The van der Waals surface area contributed by atoms with E-state index in [9.17, 15) is 4.79 Å². The van der Waals surface area contributed by atoms with E-state index in [0.29, 0.717) is 18.1 Å². The number of methoxy groups -OCH3 is 1. The summed E-state index contributed by atoms with van der Waals surface area (Å²) >= 11 is 0. The molecule has 0 unspecified atom stereocenters. The van der Waals surface area contributed by atoms with E-state index < -0.39 is 0 Å². The van der Waals surface area contributed by atoms with Crippen molar-refractivity contribution < 1.29 is 9.47 Å². The Morgan fingerprint density at radius 1 is 0.931 bits per heavy atom. The summed E-state index contributed by atoms with van der Waals surface area (Å²) in [5, 5.41) is 0. The molecule has 0 aliphatic carbocycles. The molecule has 0 amide bonds. The first-order chi connectivity index (χ1) is 14.2. The maximum Gasteiger partial charge on any atom is 0.323 e. The van der Waals surface area contributed by atoms with Crippen LogP contribution in [0, 0.1) is 0 Å². The standard InChI is InChI=1S/C23H21N3O3/c1-28-22-13-17(7-10-21(22)29-12-11-16-5-3-2-4-6-16)15-24-18-8-9-19-20(14-18)26-23(27)25-19/h2-10,13-15H,11-12H2,1H3,(H2,25,26,27). The number of aromatic nitrogens is 2. The van der Waals surface area contributed by atoms with Gasteiger partial charge in [-0.15, -0.1) is 0 Å². The number of nitrogens with zero attached hydrogens (tertiary/aromatic N) is 1. The molecule has 0 aliphatic heterocycles. The molecule has 0 fully saturated rings. The molecule has 4 rings (SSSR count). The lowest BCUT2D eigenvalue weighted by Crippen LogP contribution is -2.03. The maximum atomic E-state index is 11.4. The van der Waals surface area contributed by atoms with Crippen molar-refractivity contribution in [3.63, 3.8) is 0 Å². The summed E-state index contributed by atoms with van der Waals surface area (Å²) in [6.07, 6.45) is 2.58. The Morgan fingerprint density at radius 3 is 2.59 bits per heavy atom. The Balaban J connectivity index is 1.45. The zero-order valence-electron chi connectivity index (χ0n) is 16.0. The largest absolute Gasteiger partial charge is 0.493 e. The normalized spacial score (nSPS) is 11.2. The van der Waals surface area contributed by atoms with Gasteiger partial charge in [-0.1, -0.05) is 30.3 Å². The summed E-state index contributed by atoms with van der Waals surface area (Å²) in [5.74, 6) is 1.36. The van der Waals surface area contributed by atoms with E-state index in [1.807, 2.05) is 54.6 Å². The summed E-state index contributed by atoms with van der Waals surface area (Å²) in [7, 11) is 1.62. The molecule has 0 bridgehead atoms. The molecule has 146 valence electrons. The first kappa shape index (κ1) is 18.6. The second-order valence-corrected chi connectivity index (χ2v) is 6.56. The van der Waals surface area contributed by atoms with E-state index in [1.54, 1.807) is 13.3 Å². The highest BCUT2D eigenvalue weighted by atomic mass is 16.5. The third-order valence-electron chi connectivity index (χ3n) is 4.54. The van der Waals surface area contributed by atoms with Crippen LogP contribution in [0.2, 0.25) is 0 Å². The lowest BCUT2D eigenvalue weighted by atomic mass is 10.2. The highest BCUT2D eigenvalue weighted by molar-refractivity contribution is 5.85. The monoisotopic (exact) mass is 387 g/mol. The lowest BCUT2D eigenvalue weighted by molar-refractivity contribution is 0.297. The lowest BCUT2D eigenvalue weighted by Gasteiger charge is -2.11. The molecular formula is C23H21N3O3. The number of aromatic amines is 2. The zero-order chi connectivity index (χ0) is 20.1. The topological polar surface area (TPSA) is 79.5 Å². The number of benzene rings is 3. The minimum absolute atomic E-state index is 0.228. The molecule has 0 radical (unpaired) electrons. The fourth-order valence-electron chi connectivity index (χ4n) is 3.06. The molecule has 0 saturated carbocycles. The van der Waals surface area contributed by atoms with E-state index in [1.165, 1.54) is 5.56 Å². The third-order valence-corrected chi connectivity index (χ3v) is 4.54. The number of ether oxygens (including phenoxy) is 2. The molecule has 1 heterocycles. The van der Waals surface area contributed by atoms with Gasteiger partial charge in [0.15, 0.2) is 11.5 Å². The summed E-state index contributed by atoms with van der Waals surface area (Å²) in [6.45, 7) is 0.572. The van der Waals surface area contributed by atoms with Crippen LogP contribution in [0.3, 0.4) is 0 Å². The van der Waals surface area contributed by atoms with Gasteiger partial charge in [0, 0.05) is 12.6 Å². The molecule has 0 atom stereocenters. The molecule has 6 nitrogen and oxygen atoms in total. The first-order valence-corrected chi connectivity index (χ1v) is 9.32. The summed E-state index contributed by atoms with van der Waals surface area (Å²) < 4.78 is 11.4. The van der Waals surface area contributed by atoms with Crippen molar-refractivity contribution >= 4 is 22.9 Å². The molecule has 29 heavy (non-hydrogen) atoms. The zero-order valence-corrected chi connectivity index (χ0v) is 16.0. The minimum atomic E-state index is -0.228. The number of imidazole rings is 1. The number of hydrogen-bond acceptors (Lipinski definition) is 4. The Labute approximate surface area is 167 Å². The highest BCUT2D eigenvalue weighted by Crippen LogP contribution is 2.28. The van der Waals surface area contributed by atoms with Crippen molar-refractivity contribution in [3.05, 3.63) is 88.3 Å². The maximum absolute atomic E-state index is 11.4. The van der Waals surface area contributed by atoms with Gasteiger partial charge in [0.2, 0.25) is 0 Å². The Bertz CT molecular complexity index is 1190. The molecule has 0 aliphatic rings. The predicted molar refractivity (Wildman–Crippen MR) is 115 cm³/mol. The number of H-pyrrole nitrogens is 2.